The number of anilines is 2. The first kappa shape index (κ1) is 20.5. The number of benzene rings is 2. The molecule has 0 saturated heterocycles. The summed E-state index contributed by atoms with van der Waals surface area (Å²) in [6.45, 7) is 6.26. The van der Waals surface area contributed by atoms with Crippen LogP contribution in [0.4, 0.5) is 11.4 Å². The zero-order valence-corrected chi connectivity index (χ0v) is 16.7. The lowest BCUT2D eigenvalue weighted by atomic mass is 10.1. The van der Waals surface area contributed by atoms with E-state index in [9.17, 15) is 9.59 Å². The molecule has 0 atom stereocenters. The van der Waals surface area contributed by atoms with Crippen LogP contribution in [0.3, 0.4) is 0 Å². The molecule has 27 heavy (non-hydrogen) atoms. The molecule has 0 radical (unpaired) electrons. The Bertz CT molecular complexity index is 769. The van der Waals surface area contributed by atoms with Gasteiger partial charge in [0, 0.05) is 38.4 Å². The summed E-state index contributed by atoms with van der Waals surface area (Å²) in [7, 11) is 3.38. The highest BCUT2D eigenvalue weighted by Crippen LogP contribution is 2.20. The highest BCUT2D eigenvalue weighted by molar-refractivity contribution is 6.09. The van der Waals surface area contributed by atoms with Crippen LogP contribution in [-0.4, -0.2) is 43.9 Å². The molecule has 2 aromatic rings. The number of unbranched alkanes of at least 4 members (excludes halogenated alkanes) is 1. The van der Waals surface area contributed by atoms with Gasteiger partial charge >= 0.3 is 0 Å². The monoisotopic (exact) mass is 367 g/mol. The predicted octanol–water partition coefficient (Wildman–Crippen LogP) is 4.27. The Morgan fingerprint density at radius 1 is 0.963 bits per heavy atom. The topological polar surface area (TPSA) is 52.7 Å². The number of carbonyl (C=O) groups excluding carboxylic acids is 2. The zero-order chi connectivity index (χ0) is 19.8. The molecule has 2 rings (SSSR count). The minimum Gasteiger partial charge on any atom is -0.372 e. The van der Waals surface area contributed by atoms with Crippen LogP contribution in [0.2, 0.25) is 0 Å². The zero-order valence-electron chi connectivity index (χ0n) is 16.7. The van der Waals surface area contributed by atoms with E-state index >= 15 is 0 Å². The summed E-state index contributed by atoms with van der Waals surface area (Å²) in [6, 6.07) is 14.7. The van der Waals surface area contributed by atoms with Gasteiger partial charge in [-0.05, 0) is 49.7 Å². The molecule has 0 fully saturated rings. The summed E-state index contributed by atoms with van der Waals surface area (Å²) in [5.41, 5.74) is 2.68. The van der Waals surface area contributed by atoms with E-state index in [4.69, 9.17) is 0 Å². The number of hydrogen-bond donors (Lipinski definition) is 1. The molecule has 0 heterocycles. The Hall–Kier alpha value is -2.82. The summed E-state index contributed by atoms with van der Waals surface area (Å²) in [6.07, 6.45) is 2.30. The number of nitrogens with zero attached hydrogens (tertiary/aromatic N) is 2. The van der Waals surface area contributed by atoms with Crippen molar-refractivity contribution in [2.24, 2.45) is 0 Å². The second kappa shape index (κ2) is 9.76. The van der Waals surface area contributed by atoms with Crippen molar-refractivity contribution in [1.82, 2.24) is 4.90 Å². The van der Waals surface area contributed by atoms with E-state index in [0.717, 1.165) is 31.6 Å². The molecule has 144 valence electrons. The molecule has 0 aliphatic heterocycles. The Morgan fingerprint density at radius 2 is 1.63 bits per heavy atom. The lowest BCUT2D eigenvalue weighted by Crippen LogP contribution is -2.24. The van der Waals surface area contributed by atoms with Crippen LogP contribution in [0, 0.1) is 0 Å². The molecule has 2 aromatic carbocycles. The highest BCUT2D eigenvalue weighted by atomic mass is 16.2. The van der Waals surface area contributed by atoms with E-state index < -0.39 is 0 Å². The van der Waals surface area contributed by atoms with E-state index in [1.165, 1.54) is 4.90 Å². The van der Waals surface area contributed by atoms with Gasteiger partial charge in [-0.3, -0.25) is 9.59 Å². The largest absolute Gasteiger partial charge is 0.372 e. The van der Waals surface area contributed by atoms with Crippen LogP contribution >= 0.6 is 0 Å². The van der Waals surface area contributed by atoms with Gasteiger partial charge in [-0.2, -0.15) is 0 Å². The highest BCUT2D eigenvalue weighted by Gasteiger charge is 2.15. The molecule has 0 aliphatic rings. The third-order valence-corrected chi connectivity index (χ3v) is 4.47. The van der Waals surface area contributed by atoms with E-state index in [0.29, 0.717) is 16.8 Å². The van der Waals surface area contributed by atoms with Crippen molar-refractivity contribution in [3.63, 3.8) is 0 Å². The van der Waals surface area contributed by atoms with E-state index in [2.05, 4.69) is 24.1 Å². The number of amides is 2. The maximum Gasteiger partial charge on any atom is 0.255 e. The second-order valence-electron chi connectivity index (χ2n) is 6.68. The minimum absolute atomic E-state index is 0.143. The van der Waals surface area contributed by atoms with Crippen LogP contribution in [0.5, 0.6) is 0 Å². The van der Waals surface area contributed by atoms with Gasteiger partial charge in [0.05, 0.1) is 11.3 Å². The molecule has 0 unspecified atom stereocenters. The lowest BCUT2D eigenvalue weighted by Gasteiger charge is -2.23. The summed E-state index contributed by atoms with van der Waals surface area (Å²) in [4.78, 5) is 28.7. The van der Waals surface area contributed by atoms with Crippen molar-refractivity contribution >= 4 is 23.2 Å². The maximum absolute atomic E-state index is 12.6. The van der Waals surface area contributed by atoms with Crippen molar-refractivity contribution < 1.29 is 9.59 Å². The molecular weight excluding hydrogens is 338 g/mol. The molecule has 1 N–H and O–H groups in total. The third-order valence-electron chi connectivity index (χ3n) is 4.47. The van der Waals surface area contributed by atoms with Gasteiger partial charge < -0.3 is 15.1 Å². The normalized spacial score (nSPS) is 10.4. The third kappa shape index (κ3) is 5.33. The quantitative estimate of drug-likeness (QED) is 0.758. The lowest BCUT2D eigenvalue weighted by molar-refractivity contribution is 0.0828. The molecule has 0 aliphatic carbocycles. The predicted molar refractivity (Wildman–Crippen MR) is 112 cm³/mol. The minimum atomic E-state index is -0.225. The number of para-hydroxylation sites is 1. The fourth-order valence-electron chi connectivity index (χ4n) is 2.86. The van der Waals surface area contributed by atoms with Gasteiger partial charge in [0.2, 0.25) is 0 Å². The fourth-order valence-corrected chi connectivity index (χ4v) is 2.86. The van der Waals surface area contributed by atoms with Crippen LogP contribution in [-0.2, 0) is 0 Å². The van der Waals surface area contributed by atoms with Crippen molar-refractivity contribution in [2.75, 3.05) is 37.4 Å². The van der Waals surface area contributed by atoms with Crippen molar-refractivity contribution in [2.45, 2.75) is 26.7 Å². The average Bonchev–Trinajstić information content (AvgIpc) is 2.68. The average molecular weight is 367 g/mol. The fraction of sp³-hybridized carbons (Fsp3) is 0.364. The van der Waals surface area contributed by atoms with Crippen molar-refractivity contribution in [1.29, 1.82) is 0 Å². The summed E-state index contributed by atoms with van der Waals surface area (Å²) >= 11 is 0. The first-order chi connectivity index (χ1) is 13.0. The summed E-state index contributed by atoms with van der Waals surface area (Å²) in [5, 5.41) is 2.86. The molecule has 5 nitrogen and oxygen atoms in total. The van der Waals surface area contributed by atoms with Crippen molar-refractivity contribution in [3.8, 4) is 0 Å². The number of carbonyl (C=O) groups is 2. The molecule has 0 aromatic heterocycles. The first-order valence-electron chi connectivity index (χ1n) is 9.45. The van der Waals surface area contributed by atoms with Crippen molar-refractivity contribution in [3.05, 3.63) is 59.7 Å². The smallest absolute Gasteiger partial charge is 0.255 e. The molecule has 0 spiro atoms. The van der Waals surface area contributed by atoms with Gasteiger partial charge in [-0.15, -0.1) is 0 Å². The molecule has 2 amide bonds. The SMILES string of the molecule is CCCCN(CC)c1ccc(C(=O)Nc2ccccc2C(=O)N(C)C)cc1. The summed E-state index contributed by atoms with van der Waals surface area (Å²) < 4.78 is 0. The van der Waals surface area contributed by atoms with Crippen LogP contribution in [0.1, 0.15) is 47.4 Å². The number of nitrogens with one attached hydrogen (secondary N) is 1. The first-order valence-corrected chi connectivity index (χ1v) is 9.45. The standard InChI is InChI=1S/C22H29N3O2/c1-5-7-16-25(6-2)18-14-12-17(13-15-18)21(26)23-20-11-9-8-10-19(20)22(27)24(3)4/h8-15H,5-7,16H2,1-4H3,(H,23,26). The van der Waals surface area contributed by atoms with Gasteiger partial charge in [0.15, 0.2) is 0 Å². The molecular formula is C22H29N3O2. The number of hydrogen-bond acceptors (Lipinski definition) is 3. The van der Waals surface area contributed by atoms with Gasteiger partial charge in [-0.25, -0.2) is 0 Å². The summed E-state index contributed by atoms with van der Waals surface area (Å²) in [5.74, 6) is -0.368. The maximum atomic E-state index is 12.6. The molecule has 0 saturated carbocycles. The second-order valence-corrected chi connectivity index (χ2v) is 6.68. The molecule has 5 heteroatoms. The Morgan fingerprint density at radius 3 is 2.22 bits per heavy atom. The Kier molecular flexibility index (Phi) is 7.41. The van der Waals surface area contributed by atoms with Gasteiger partial charge in [-0.1, -0.05) is 25.5 Å². The van der Waals surface area contributed by atoms with Crippen LogP contribution in [0.15, 0.2) is 48.5 Å². The Labute approximate surface area is 162 Å². The van der Waals surface area contributed by atoms with Crippen LogP contribution < -0.4 is 10.2 Å². The van der Waals surface area contributed by atoms with Gasteiger partial charge in [0.1, 0.15) is 0 Å². The Balaban J connectivity index is 2.14. The van der Waals surface area contributed by atoms with E-state index in [-0.39, 0.29) is 11.8 Å². The van der Waals surface area contributed by atoms with Crippen LogP contribution in [0.25, 0.3) is 0 Å². The van der Waals surface area contributed by atoms with Gasteiger partial charge in [0.25, 0.3) is 11.8 Å². The van der Waals surface area contributed by atoms with E-state index in [1.807, 2.05) is 24.3 Å². The molecule has 0 bridgehead atoms. The van der Waals surface area contributed by atoms with E-state index in [1.54, 1.807) is 38.4 Å². The number of rotatable bonds is 8.